The van der Waals surface area contributed by atoms with Crippen LogP contribution in [-0.4, -0.2) is 52.7 Å². The van der Waals surface area contributed by atoms with Crippen LogP contribution in [0.1, 0.15) is 68.5 Å². The summed E-state index contributed by atoms with van der Waals surface area (Å²) in [6, 6.07) is 3.24. The Morgan fingerprint density at radius 2 is 1.90 bits per heavy atom. The van der Waals surface area contributed by atoms with Crippen LogP contribution in [0.25, 0.3) is 10.6 Å². The zero-order valence-electron chi connectivity index (χ0n) is 23.3. The number of hydrogen-bond acceptors (Lipinski definition) is 8. The van der Waals surface area contributed by atoms with Crippen LogP contribution in [0.15, 0.2) is 29.2 Å². The number of nitrogens with zero attached hydrogens (tertiary/aromatic N) is 4. The lowest BCUT2D eigenvalue weighted by molar-refractivity contribution is 0.0548. The minimum absolute atomic E-state index is 0.0123. The lowest BCUT2D eigenvalue weighted by atomic mass is 10.1. The van der Waals surface area contributed by atoms with Crippen molar-refractivity contribution in [3.05, 3.63) is 62.5 Å². The number of unbranched alkanes of at least 4 members (excludes halogenated alkanes) is 1. The van der Waals surface area contributed by atoms with E-state index in [4.69, 9.17) is 9.47 Å². The van der Waals surface area contributed by atoms with Crippen molar-refractivity contribution in [3.63, 3.8) is 0 Å². The van der Waals surface area contributed by atoms with Gasteiger partial charge in [0.1, 0.15) is 22.2 Å². The molecule has 0 aliphatic carbocycles. The van der Waals surface area contributed by atoms with E-state index in [1.165, 1.54) is 24.0 Å². The van der Waals surface area contributed by atoms with Crippen molar-refractivity contribution in [3.8, 4) is 16.3 Å². The quantitative estimate of drug-likeness (QED) is 0.348. The highest BCUT2D eigenvalue weighted by atomic mass is 32.1. The van der Waals surface area contributed by atoms with Gasteiger partial charge in [-0.2, -0.15) is 0 Å². The summed E-state index contributed by atoms with van der Waals surface area (Å²) >= 11 is 1.02. The van der Waals surface area contributed by atoms with Crippen molar-refractivity contribution >= 4 is 23.3 Å². The van der Waals surface area contributed by atoms with Gasteiger partial charge in [0.25, 0.3) is 5.91 Å². The molecule has 3 aromatic rings. The molecule has 1 N–H and O–H groups in total. The first-order valence-electron chi connectivity index (χ1n) is 12.8. The first kappa shape index (κ1) is 30.7. The number of halogens is 2. The number of ether oxygens (including phenoxy) is 2. The number of pyridine rings is 1. The third-order valence-corrected chi connectivity index (χ3v) is 6.43. The van der Waals surface area contributed by atoms with E-state index in [0.717, 1.165) is 34.9 Å². The molecule has 0 saturated heterocycles. The maximum Gasteiger partial charge on any atom is 0.429 e. The Balaban J connectivity index is 2.16. The third-order valence-electron chi connectivity index (χ3n) is 5.48. The smallest absolute Gasteiger partial charge is 0.429 e. The second kappa shape index (κ2) is 13.0. The third kappa shape index (κ3) is 7.40. The number of carbonyl (C=O) groups is 2. The van der Waals surface area contributed by atoms with E-state index in [-0.39, 0.29) is 47.2 Å². The van der Waals surface area contributed by atoms with E-state index >= 15 is 0 Å². The summed E-state index contributed by atoms with van der Waals surface area (Å²) in [6.45, 7) is 9.19. The molecule has 0 bridgehead atoms. The molecule has 0 atom stereocenters. The fourth-order valence-electron chi connectivity index (χ4n) is 3.55. The SMILES string of the molecule is CCCCOc1c(C(=O)NCC)n(N(C)C(=O)OC(C)(C)C)cc(-c2nnc(Cc3ccc(F)cc3F)s2)c1=O. The average molecular weight is 578 g/mol. The lowest BCUT2D eigenvalue weighted by Crippen LogP contribution is -2.44. The van der Waals surface area contributed by atoms with E-state index in [1.807, 2.05) is 6.92 Å². The molecule has 40 heavy (non-hydrogen) atoms. The van der Waals surface area contributed by atoms with Crippen molar-refractivity contribution in [1.82, 2.24) is 20.2 Å². The molecule has 216 valence electrons. The summed E-state index contributed by atoms with van der Waals surface area (Å²) < 4.78 is 40.0. The molecule has 0 saturated carbocycles. The first-order chi connectivity index (χ1) is 18.9. The van der Waals surface area contributed by atoms with E-state index in [2.05, 4.69) is 15.5 Å². The van der Waals surface area contributed by atoms with Gasteiger partial charge >= 0.3 is 6.09 Å². The Bertz CT molecular complexity index is 1430. The highest BCUT2D eigenvalue weighted by Gasteiger charge is 2.30. The minimum Gasteiger partial charge on any atom is -0.487 e. The van der Waals surface area contributed by atoms with E-state index in [1.54, 1.807) is 27.7 Å². The summed E-state index contributed by atoms with van der Waals surface area (Å²) in [6.07, 6.45) is 1.94. The van der Waals surface area contributed by atoms with Gasteiger partial charge in [-0.15, -0.1) is 10.2 Å². The van der Waals surface area contributed by atoms with Crippen LogP contribution < -0.4 is 20.5 Å². The topological polar surface area (TPSA) is 116 Å². The molecule has 2 heterocycles. The van der Waals surface area contributed by atoms with E-state index < -0.39 is 34.7 Å². The summed E-state index contributed by atoms with van der Waals surface area (Å²) in [5, 5.41) is 12.4. The zero-order valence-corrected chi connectivity index (χ0v) is 24.2. The standard InChI is InChI=1S/C27H33F2N5O5S/c1-7-9-12-38-23-21(24(36)30-8-2)34(33(6)26(37)39-27(3,4)5)15-18(22(23)35)25-32-31-20(40-25)13-16-10-11-17(28)14-19(16)29/h10-11,14-15H,7-9,12-13H2,1-6H3,(H,30,36). The number of hydrogen-bond donors (Lipinski definition) is 1. The van der Waals surface area contributed by atoms with Crippen LogP contribution in [0.3, 0.4) is 0 Å². The summed E-state index contributed by atoms with van der Waals surface area (Å²) in [7, 11) is 1.39. The normalized spacial score (nSPS) is 11.3. The molecule has 13 heteroatoms. The Morgan fingerprint density at radius 1 is 1.18 bits per heavy atom. The minimum atomic E-state index is -0.830. The van der Waals surface area contributed by atoms with Crippen LogP contribution in [-0.2, 0) is 11.2 Å². The van der Waals surface area contributed by atoms with Crippen LogP contribution in [0.4, 0.5) is 13.6 Å². The van der Waals surface area contributed by atoms with Crippen molar-refractivity contribution in [1.29, 1.82) is 0 Å². The number of carbonyl (C=O) groups excluding carboxylic acids is 2. The molecule has 1 aromatic carbocycles. The molecular formula is C27H33F2N5O5S. The van der Waals surface area contributed by atoms with Crippen molar-refractivity contribution in [2.45, 2.75) is 59.5 Å². The van der Waals surface area contributed by atoms with Crippen molar-refractivity contribution in [2.75, 3.05) is 25.2 Å². The van der Waals surface area contributed by atoms with Crippen LogP contribution in [0.2, 0.25) is 0 Å². The van der Waals surface area contributed by atoms with Gasteiger partial charge in [0.15, 0.2) is 16.5 Å². The second-order valence-corrected chi connectivity index (χ2v) is 10.9. The number of aromatic nitrogens is 3. The fraction of sp³-hybridized carbons (Fsp3) is 0.444. The Hall–Kier alpha value is -3.87. The number of nitrogens with one attached hydrogen (secondary N) is 1. The Labute approximate surface area is 234 Å². The molecule has 0 aliphatic rings. The number of amides is 2. The maximum absolute atomic E-state index is 14.2. The average Bonchev–Trinajstić information content (AvgIpc) is 3.33. The number of rotatable bonds is 10. The van der Waals surface area contributed by atoms with Gasteiger partial charge in [-0.1, -0.05) is 30.7 Å². The van der Waals surface area contributed by atoms with Gasteiger partial charge < -0.3 is 14.8 Å². The molecular weight excluding hydrogens is 544 g/mol. The first-order valence-corrected chi connectivity index (χ1v) is 13.6. The molecule has 0 aliphatic heterocycles. The van der Waals surface area contributed by atoms with Gasteiger partial charge in [0, 0.05) is 32.3 Å². The summed E-state index contributed by atoms with van der Waals surface area (Å²) in [5.41, 5.74) is -1.41. The highest BCUT2D eigenvalue weighted by molar-refractivity contribution is 7.14. The molecule has 2 aromatic heterocycles. The summed E-state index contributed by atoms with van der Waals surface area (Å²) in [5.74, 6) is -2.31. The highest BCUT2D eigenvalue weighted by Crippen LogP contribution is 2.27. The van der Waals surface area contributed by atoms with Gasteiger partial charge in [-0.05, 0) is 45.7 Å². The molecule has 0 unspecified atom stereocenters. The molecule has 3 rings (SSSR count). The lowest BCUT2D eigenvalue weighted by Gasteiger charge is -2.28. The van der Waals surface area contributed by atoms with Crippen LogP contribution in [0, 0.1) is 11.6 Å². The molecule has 10 nitrogen and oxygen atoms in total. The second-order valence-electron chi connectivity index (χ2n) is 9.87. The van der Waals surface area contributed by atoms with Gasteiger partial charge in [-0.3, -0.25) is 9.59 Å². The zero-order chi connectivity index (χ0) is 29.6. The largest absolute Gasteiger partial charge is 0.487 e. The Morgan fingerprint density at radius 3 is 2.52 bits per heavy atom. The van der Waals surface area contributed by atoms with Crippen LogP contribution >= 0.6 is 11.3 Å². The molecule has 0 spiro atoms. The van der Waals surface area contributed by atoms with Gasteiger partial charge in [0.05, 0.1) is 12.2 Å². The van der Waals surface area contributed by atoms with Crippen molar-refractivity contribution in [2.24, 2.45) is 0 Å². The predicted molar refractivity (Wildman–Crippen MR) is 148 cm³/mol. The number of benzene rings is 1. The van der Waals surface area contributed by atoms with E-state index in [9.17, 15) is 23.2 Å². The predicted octanol–water partition coefficient (Wildman–Crippen LogP) is 4.67. The van der Waals surface area contributed by atoms with Gasteiger partial charge in [-0.25, -0.2) is 23.3 Å². The van der Waals surface area contributed by atoms with Gasteiger partial charge in [0.2, 0.25) is 5.43 Å². The maximum atomic E-state index is 14.2. The monoisotopic (exact) mass is 577 g/mol. The van der Waals surface area contributed by atoms with Crippen LogP contribution in [0.5, 0.6) is 5.75 Å². The van der Waals surface area contributed by atoms with E-state index in [0.29, 0.717) is 11.4 Å². The summed E-state index contributed by atoms with van der Waals surface area (Å²) in [4.78, 5) is 39.9. The Kier molecular flexibility index (Phi) is 9.96. The molecule has 2 amide bonds. The molecule has 0 fully saturated rings. The molecule has 0 radical (unpaired) electrons. The van der Waals surface area contributed by atoms with Crippen molar-refractivity contribution < 1.29 is 27.8 Å². The fourth-order valence-corrected chi connectivity index (χ4v) is 4.42.